The van der Waals surface area contributed by atoms with Gasteiger partial charge in [0.15, 0.2) is 0 Å². The van der Waals surface area contributed by atoms with E-state index in [-0.39, 0.29) is 25.1 Å². The van der Waals surface area contributed by atoms with Crippen molar-refractivity contribution in [3.63, 3.8) is 0 Å². The summed E-state index contributed by atoms with van der Waals surface area (Å²) in [5.41, 5.74) is 4.90. The number of carboxylic acid groups (broad SMARTS) is 1. The second-order valence-corrected chi connectivity index (χ2v) is 6.70. The number of nitrogens with one attached hydrogen (secondary N) is 2. The molecule has 0 aliphatic rings. The average Bonchev–Trinajstić information content (AvgIpc) is 2.33. The molecule has 1 atom stereocenters. The normalized spacial score (nSPS) is 12.7. The summed E-state index contributed by atoms with van der Waals surface area (Å²) in [6.45, 7) is -0.172. The number of rotatable bonds is 9. The lowest BCUT2D eigenvalue weighted by atomic mass is 10.1. The zero-order chi connectivity index (χ0) is 16.6. The van der Waals surface area contributed by atoms with E-state index in [1.807, 2.05) is 0 Å². The summed E-state index contributed by atoms with van der Waals surface area (Å²) in [7, 11) is -0.725. The largest absolute Gasteiger partial charge is 0.480 e. The Labute approximate surface area is 122 Å². The van der Waals surface area contributed by atoms with E-state index in [1.165, 1.54) is 14.1 Å². The third kappa shape index (κ3) is 8.09. The SMILES string of the molecule is CN(C)S(=O)(=O)CCNC(=O)NC(CCC(N)=O)C(=O)O. The van der Waals surface area contributed by atoms with Crippen LogP contribution in [0.4, 0.5) is 4.79 Å². The number of carboxylic acids is 1. The number of hydrogen-bond acceptors (Lipinski definition) is 5. The number of sulfonamides is 1. The fourth-order valence-electron chi connectivity index (χ4n) is 1.23. The molecule has 0 bridgehead atoms. The number of primary amides is 1. The number of carbonyl (C=O) groups excluding carboxylic acids is 2. The number of hydrogen-bond donors (Lipinski definition) is 4. The van der Waals surface area contributed by atoms with E-state index in [0.717, 1.165) is 4.31 Å². The van der Waals surface area contributed by atoms with Gasteiger partial charge in [-0.15, -0.1) is 0 Å². The molecule has 0 aromatic heterocycles. The van der Waals surface area contributed by atoms with Gasteiger partial charge in [0.25, 0.3) is 0 Å². The minimum Gasteiger partial charge on any atom is -0.480 e. The Bertz CT molecular complexity index is 490. The first-order chi connectivity index (χ1) is 9.56. The summed E-state index contributed by atoms with van der Waals surface area (Å²) >= 11 is 0. The van der Waals surface area contributed by atoms with Gasteiger partial charge in [-0.2, -0.15) is 0 Å². The van der Waals surface area contributed by atoms with Crippen molar-refractivity contribution in [1.29, 1.82) is 0 Å². The summed E-state index contributed by atoms with van der Waals surface area (Å²) in [4.78, 5) is 32.9. The molecular weight excluding hydrogens is 304 g/mol. The lowest BCUT2D eigenvalue weighted by molar-refractivity contribution is -0.139. The lowest BCUT2D eigenvalue weighted by Gasteiger charge is -2.15. The molecule has 0 spiro atoms. The summed E-state index contributed by atoms with van der Waals surface area (Å²) in [5, 5.41) is 13.2. The van der Waals surface area contributed by atoms with Crippen LogP contribution < -0.4 is 16.4 Å². The predicted octanol–water partition coefficient (Wildman–Crippen LogP) is -2.10. The van der Waals surface area contributed by atoms with Crippen molar-refractivity contribution in [3.05, 3.63) is 0 Å². The molecule has 0 aliphatic carbocycles. The number of carbonyl (C=O) groups is 3. The van der Waals surface area contributed by atoms with Crippen molar-refractivity contribution >= 4 is 27.9 Å². The molecule has 11 heteroatoms. The minimum atomic E-state index is -3.45. The monoisotopic (exact) mass is 324 g/mol. The average molecular weight is 324 g/mol. The molecular formula is C10H20N4O6S. The molecule has 0 aromatic rings. The highest BCUT2D eigenvalue weighted by Gasteiger charge is 2.21. The third-order valence-electron chi connectivity index (χ3n) is 2.48. The molecule has 5 N–H and O–H groups in total. The van der Waals surface area contributed by atoms with Crippen molar-refractivity contribution in [1.82, 2.24) is 14.9 Å². The summed E-state index contributed by atoms with van der Waals surface area (Å²) in [5.74, 6) is -2.31. The van der Waals surface area contributed by atoms with Gasteiger partial charge in [0.2, 0.25) is 15.9 Å². The van der Waals surface area contributed by atoms with E-state index in [2.05, 4.69) is 10.6 Å². The van der Waals surface area contributed by atoms with Crippen LogP contribution in [0, 0.1) is 0 Å². The zero-order valence-corrected chi connectivity index (χ0v) is 12.6. The molecule has 0 saturated heterocycles. The van der Waals surface area contributed by atoms with Crippen LogP contribution in [0.2, 0.25) is 0 Å². The highest BCUT2D eigenvalue weighted by molar-refractivity contribution is 7.89. The van der Waals surface area contributed by atoms with Crippen LogP contribution in [0.25, 0.3) is 0 Å². The fraction of sp³-hybridized carbons (Fsp3) is 0.700. The number of urea groups is 1. The van der Waals surface area contributed by atoms with Gasteiger partial charge in [0.1, 0.15) is 6.04 Å². The van der Waals surface area contributed by atoms with Crippen molar-refractivity contribution in [2.24, 2.45) is 5.73 Å². The molecule has 0 heterocycles. The van der Waals surface area contributed by atoms with E-state index in [4.69, 9.17) is 10.8 Å². The first-order valence-electron chi connectivity index (χ1n) is 6.02. The Morgan fingerprint density at radius 3 is 2.29 bits per heavy atom. The molecule has 0 rings (SSSR count). The van der Waals surface area contributed by atoms with Gasteiger partial charge in [-0.1, -0.05) is 0 Å². The van der Waals surface area contributed by atoms with Gasteiger partial charge in [0.05, 0.1) is 5.75 Å². The second kappa shape index (κ2) is 8.42. The lowest BCUT2D eigenvalue weighted by Crippen LogP contribution is -2.47. The third-order valence-corrected chi connectivity index (χ3v) is 4.32. The number of nitrogens with two attached hydrogens (primary N) is 1. The summed E-state index contributed by atoms with van der Waals surface area (Å²) in [6.07, 6.45) is -0.333. The Morgan fingerprint density at radius 2 is 1.86 bits per heavy atom. The molecule has 0 fully saturated rings. The van der Waals surface area contributed by atoms with Crippen LogP contribution in [0.3, 0.4) is 0 Å². The van der Waals surface area contributed by atoms with Crippen LogP contribution in [0.1, 0.15) is 12.8 Å². The van der Waals surface area contributed by atoms with Crippen molar-refractivity contribution in [2.75, 3.05) is 26.4 Å². The highest BCUT2D eigenvalue weighted by Crippen LogP contribution is 1.97. The molecule has 10 nitrogen and oxygen atoms in total. The maximum absolute atomic E-state index is 11.4. The summed E-state index contributed by atoms with van der Waals surface area (Å²) in [6, 6.07) is -2.11. The Hall–Kier alpha value is -1.88. The molecule has 21 heavy (non-hydrogen) atoms. The number of nitrogens with zero attached hydrogens (tertiary/aromatic N) is 1. The molecule has 0 radical (unpaired) electrons. The Morgan fingerprint density at radius 1 is 1.29 bits per heavy atom. The maximum atomic E-state index is 11.4. The van der Waals surface area contributed by atoms with E-state index in [0.29, 0.717) is 0 Å². The van der Waals surface area contributed by atoms with Crippen LogP contribution >= 0.6 is 0 Å². The van der Waals surface area contributed by atoms with E-state index in [9.17, 15) is 22.8 Å². The topological polar surface area (TPSA) is 159 Å². The Balaban J connectivity index is 4.27. The minimum absolute atomic E-state index is 0.145. The highest BCUT2D eigenvalue weighted by atomic mass is 32.2. The van der Waals surface area contributed by atoms with Gasteiger partial charge in [-0.05, 0) is 6.42 Å². The maximum Gasteiger partial charge on any atom is 0.326 e. The van der Waals surface area contributed by atoms with Crippen LogP contribution in [-0.2, 0) is 19.6 Å². The molecule has 0 aliphatic heterocycles. The number of aliphatic carboxylic acids is 1. The van der Waals surface area contributed by atoms with Gasteiger partial charge in [-0.3, -0.25) is 4.79 Å². The fourth-order valence-corrected chi connectivity index (χ4v) is 1.95. The second-order valence-electron chi connectivity index (χ2n) is 4.39. The first-order valence-corrected chi connectivity index (χ1v) is 7.63. The van der Waals surface area contributed by atoms with E-state index in [1.54, 1.807) is 0 Å². The standard InChI is InChI=1S/C10H20N4O6S/c1-14(2)21(19,20)6-5-12-10(18)13-7(9(16)17)3-4-8(11)15/h7H,3-6H2,1-2H3,(H2,11,15)(H,16,17)(H2,12,13,18). The smallest absolute Gasteiger partial charge is 0.326 e. The van der Waals surface area contributed by atoms with Crippen molar-refractivity contribution < 1.29 is 27.9 Å². The van der Waals surface area contributed by atoms with E-state index < -0.39 is 34.0 Å². The van der Waals surface area contributed by atoms with Gasteiger partial charge in [-0.25, -0.2) is 22.3 Å². The molecule has 122 valence electrons. The molecule has 0 saturated carbocycles. The number of amides is 3. The molecule has 3 amide bonds. The molecule has 0 aromatic carbocycles. The van der Waals surface area contributed by atoms with Gasteiger partial charge in [0, 0.05) is 27.1 Å². The Kier molecular flexibility index (Phi) is 7.66. The van der Waals surface area contributed by atoms with Gasteiger partial charge < -0.3 is 21.5 Å². The quantitative estimate of drug-likeness (QED) is 0.380. The van der Waals surface area contributed by atoms with Crippen LogP contribution in [-0.4, -0.2) is 68.2 Å². The van der Waals surface area contributed by atoms with Gasteiger partial charge >= 0.3 is 12.0 Å². The molecule has 1 unspecified atom stereocenters. The zero-order valence-electron chi connectivity index (χ0n) is 11.8. The predicted molar refractivity (Wildman–Crippen MR) is 73.9 cm³/mol. The summed E-state index contributed by atoms with van der Waals surface area (Å²) < 4.78 is 23.9. The first kappa shape index (κ1) is 19.1. The van der Waals surface area contributed by atoms with Crippen LogP contribution in [0.5, 0.6) is 0 Å². The van der Waals surface area contributed by atoms with E-state index >= 15 is 0 Å². The van der Waals surface area contributed by atoms with Crippen molar-refractivity contribution in [2.45, 2.75) is 18.9 Å². The van der Waals surface area contributed by atoms with Crippen LogP contribution in [0.15, 0.2) is 0 Å². The van der Waals surface area contributed by atoms with Crippen molar-refractivity contribution in [3.8, 4) is 0 Å².